The summed E-state index contributed by atoms with van der Waals surface area (Å²) in [7, 11) is 1.65. The van der Waals surface area contributed by atoms with Crippen molar-refractivity contribution in [3.05, 3.63) is 46.2 Å². The molecule has 0 fully saturated rings. The molecule has 1 atom stereocenters. The van der Waals surface area contributed by atoms with Gasteiger partial charge in [-0.05, 0) is 6.07 Å². The molecule has 98 valence electrons. The monoisotopic (exact) mass is 295 g/mol. The van der Waals surface area contributed by atoms with E-state index in [9.17, 15) is 4.39 Å². The van der Waals surface area contributed by atoms with Crippen LogP contribution >= 0.6 is 22.9 Å². The molecule has 0 amide bonds. The van der Waals surface area contributed by atoms with E-state index in [1.807, 2.05) is 24.3 Å². The van der Waals surface area contributed by atoms with E-state index in [2.05, 4.69) is 15.6 Å². The zero-order chi connectivity index (χ0) is 13.4. The molecule has 0 saturated carbocycles. The molecule has 0 radical (unpaired) electrons. The third-order valence-corrected chi connectivity index (χ3v) is 4.31. The Morgan fingerprint density at radius 1 is 1.37 bits per heavy atom. The van der Waals surface area contributed by atoms with Gasteiger partial charge in [-0.1, -0.05) is 29.8 Å². The quantitative estimate of drug-likeness (QED) is 0.846. The molecule has 3 nitrogen and oxygen atoms in total. The highest BCUT2D eigenvalue weighted by Crippen LogP contribution is 2.38. The average Bonchev–Trinajstić information content (AvgIpc) is 2.75. The predicted molar refractivity (Wildman–Crippen MR) is 78.1 cm³/mol. The van der Waals surface area contributed by atoms with Crippen LogP contribution in [0, 0.1) is 5.13 Å². The van der Waals surface area contributed by atoms with Gasteiger partial charge in [0.1, 0.15) is 0 Å². The third-order valence-electron chi connectivity index (χ3n) is 3.00. The van der Waals surface area contributed by atoms with Crippen molar-refractivity contribution in [3.8, 4) is 0 Å². The number of hydrogen-bond donors (Lipinski definition) is 2. The van der Waals surface area contributed by atoms with Gasteiger partial charge in [0.2, 0.25) is 0 Å². The number of aliphatic imine (C=N–C) groups is 1. The molecule has 2 aromatic rings. The first-order valence-electron chi connectivity index (χ1n) is 5.73. The second kappa shape index (κ2) is 4.83. The molecule has 2 N–H and O–H groups in total. The van der Waals surface area contributed by atoms with Crippen molar-refractivity contribution in [3.63, 3.8) is 0 Å². The summed E-state index contributed by atoms with van der Waals surface area (Å²) >= 11 is 7.32. The van der Waals surface area contributed by atoms with Gasteiger partial charge in [0, 0.05) is 28.9 Å². The summed E-state index contributed by atoms with van der Waals surface area (Å²) in [6.45, 7) is 0. The largest absolute Gasteiger partial charge is 0.344 e. The highest BCUT2D eigenvalue weighted by atomic mass is 35.5. The van der Waals surface area contributed by atoms with E-state index in [0.717, 1.165) is 21.4 Å². The van der Waals surface area contributed by atoms with E-state index >= 15 is 0 Å². The van der Waals surface area contributed by atoms with Crippen LogP contribution in [-0.2, 0) is 0 Å². The molecule has 6 heteroatoms. The number of rotatable bonds is 1. The first kappa shape index (κ1) is 12.4. The number of nitrogens with zero attached hydrogens (tertiary/aromatic N) is 1. The number of guanidine groups is 1. The van der Waals surface area contributed by atoms with E-state index in [1.54, 1.807) is 13.2 Å². The minimum atomic E-state index is -0.405. The molecule has 0 spiro atoms. The van der Waals surface area contributed by atoms with Gasteiger partial charge in [-0.15, -0.1) is 11.3 Å². The summed E-state index contributed by atoms with van der Waals surface area (Å²) < 4.78 is 15.1. The second-order valence-electron chi connectivity index (χ2n) is 4.11. The fourth-order valence-corrected chi connectivity index (χ4v) is 3.30. The molecule has 0 saturated heterocycles. The summed E-state index contributed by atoms with van der Waals surface area (Å²) in [4.78, 5) is 4.02. The van der Waals surface area contributed by atoms with Crippen molar-refractivity contribution in [2.24, 2.45) is 4.99 Å². The van der Waals surface area contributed by atoms with Crippen molar-refractivity contribution in [1.82, 2.24) is 10.6 Å². The Balaban J connectivity index is 2.16. The maximum absolute atomic E-state index is 14.2. The fraction of sp³-hybridized carbons (Fsp3) is 0.154. The van der Waals surface area contributed by atoms with Crippen molar-refractivity contribution < 1.29 is 4.39 Å². The van der Waals surface area contributed by atoms with Gasteiger partial charge in [0.15, 0.2) is 11.1 Å². The number of fused-ring (bicyclic) bond motifs is 1. The van der Waals surface area contributed by atoms with Crippen molar-refractivity contribution in [1.29, 1.82) is 0 Å². The van der Waals surface area contributed by atoms with Gasteiger partial charge in [-0.2, -0.15) is 4.39 Å². The van der Waals surface area contributed by atoms with E-state index < -0.39 is 6.04 Å². The number of benzene rings is 1. The van der Waals surface area contributed by atoms with Crippen molar-refractivity contribution in [2.75, 3.05) is 7.05 Å². The van der Waals surface area contributed by atoms with Crippen LogP contribution in [-0.4, -0.2) is 13.0 Å². The van der Waals surface area contributed by atoms with Crippen LogP contribution in [0.15, 0.2) is 40.5 Å². The van der Waals surface area contributed by atoms with E-state index in [4.69, 9.17) is 11.6 Å². The Morgan fingerprint density at radius 2 is 2.16 bits per heavy atom. The topological polar surface area (TPSA) is 36.4 Å². The first-order valence-corrected chi connectivity index (χ1v) is 6.92. The van der Waals surface area contributed by atoms with Gasteiger partial charge in [-0.25, -0.2) is 0 Å². The van der Waals surface area contributed by atoms with Crippen LogP contribution in [0.4, 0.5) is 4.39 Å². The lowest BCUT2D eigenvalue weighted by Crippen LogP contribution is -2.41. The Bertz CT molecular complexity index is 692. The van der Waals surface area contributed by atoms with Gasteiger partial charge in [0.25, 0.3) is 0 Å². The molecule has 0 aliphatic carbocycles. The van der Waals surface area contributed by atoms with Crippen LogP contribution in [0.25, 0.3) is 10.1 Å². The molecule has 3 rings (SSSR count). The molecular weight excluding hydrogens is 285 g/mol. The lowest BCUT2D eigenvalue weighted by atomic mass is 10.0. The molecule has 2 heterocycles. The van der Waals surface area contributed by atoms with Crippen molar-refractivity contribution in [2.45, 2.75) is 6.04 Å². The zero-order valence-corrected chi connectivity index (χ0v) is 11.6. The molecule has 1 aromatic carbocycles. The van der Waals surface area contributed by atoms with Gasteiger partial charge >= 0.3 is 0 Å². The summed E-state index contributed by atoms with van der Waals surface area (Å²) in [5.41, 5.74) is 0.574. The van der Waals surface area contributed by atoms with Crippen LogP contribution < -0.4 is 10.6 Å². The number of halogens is 2. The maximum Gasteiger partial charge on any atom is 0.195 e. The molecule has 1 aromatic heterocycles. The Morgan fingerprint density at radius 3 is 2.95 bits per heavy atom. The normalized spacial score (nSPS) is 21.1. The van der Waals surface area contributed by atoms with Crippen LogP contribution in [0.3, 0.4) is 0 Å². The maximum atomic E-state index is 14.2. The van der Waals surface area contributed by atoms with E-state index in [0.29, 0.717) is 16.6 Å². The van der Waals surface area contributed by atoms with Crippen LogP contribution in [0.2, 0.25) is 0 Å². The molecule has 0 bridgehead atoms. The summed E-state index contributed by atoms with van der Waals surface area (Å²) in [6.07, 6.45) is 1.64. The SMILES string of the molecule is CN=C1NC=C(Cl)C(c2c(F)sc3ccccc23)N1. The van der Waals surface area contributed by atoms with Gasteiger partial charge in [-0.3, -0.25) is 4.99 Å². The smallest absolute Gasteiger partial charge is 0.195 e. The molecule has 1 unspecified atom stereocenters. The number of thiophene rings is 1. The predicted octanol–water partition coefficient (Wildman–Crippen LogP) is 3.34. The summed E-state index contributed by atoms with van der Waals surface area (Å²) in [5, 5.41) is 7.17. The number of nitrogens with one attached hydrogen (secondary N) is 2. The Hall–Kier alpha value is -1.59. The minimum absolute atomic E-state index is 0.220. The Labute approximate surface area is 118 Å². The molecule has 19 heavy (non-hydrogen) atoms. The molecular formula is C13H11ClFN3S. The summed E-state index contributed by atoms with van der Waals surface area (Å²) in [5.74, 6) is 0.573. The van der Waals surface area contributed by atoms with Gasteiger partial charge in [0.05, 0.1) is 11.1 Å². The third kappa shape index (κ3) is 2.09. The number of hydrogen-bond acceptors (Lipinski definition) is 2. The average molecular weight is 296 g/mol. The highest BCUT2D eigenvalue weighted by molar-refractivity contribution is 7.17. The van der Waals surface area contributed by atoms with Crippen LogP contribution in [0.5, 0.6) is 0 Å². The minimum Gasteiger partial charge on any atom is -0.344 e. The Kier molecular flexibility index (Phi) is 3.16. The van der Waals surface area contributed by atoms with E-state index in [-0.39, 0.29) is 5.13 Å². The molecule has 1 aliphatic rings. The standard InChI is InChI=1S/C13H11ClFN3S/c1-16-13-17-6-8(14)11(18-13)10-7-4-2-3-5-9(7)19-12(10)15/h2-6,11H,1H3,(H2,16,17,18). The first-order chi connectivity index (χ1) is 9.20. The van der Waals surface area contributed by atoms with Gasteiger partial charge < -0.3 is 10.6 Å². The van der Waals surface area contributed by atoms with Crippen molar-refractivity contribution >= 4 is 39.0 Å². The summed E-state index contributed by atoms with van der Waals surface area (Å²) in [6, 6.07) is 7.19. The molecule has 1 aliphatic heterocycles. The highest BCUT2D eigenvalue weighted by Gasteiger charge is 2.27. The lowest BCUT2D eigenvalue weighted by Gasteiger charge is -2.24. The zero-order valence-electron chi connectivity index (χ0n) is 10.1. The lowest BCUT2D eigenvalue weighted by molar-refractivity contribution is 0.615. The van der Waals surface area contributed by atoms with E-state index in [1.165, 1.54) is 0 Å². The van der Waals surface area contributed by atoms with Crippen LogP contribution in [0.1, 0.15) is 11.6 Å². The second-order valence-corrected chi connectivity index (χ2v) is 5.55. The fourth-order valence-electron chi connectivity index (χ4n) is 2.11.